The van der Waals surface area contributed by atoms with Gasteiger partial charge in [0.05, 0.1) is 0 Å². The summed E-state index contributed by atoms with van der Waals surface area (Å²) in [6.07, 6.45) is 4.57. The Balaban J connectivity index is 3.24. The van der Waals surface area contributed by atoms with Gasteiger partial charge in [0.15, 0.2) is 0 Å². The zero-order valence-electron chi connectivity index (χ0n) is 3.34. The van der Waals surface area contributed by atoms with Crippen molar-refractivity contribution >= 4 is 18.1 Å². The molecule has 38 valence electrons. The summed E-state index contributed by atoms with van der Waals surface area (Å²) in [6, 6.07) is 0. The molecule has 0 aliphatic rings. The molecule has 0 aromatic rings. The van der Waals surface area contributed by atoms with Crippen LogP contribution in [0, 0.1) is 12.3 Å². The summed E-state index contributed by atoms with van der Waals surface area (Å²) in [7, 11) is 0. The molecule has 2 N–H and O–H groups in total. The van der Waals surface area contributed by atoms with Crippen molar-refractivity contribution in [1.82, 2.24) is 4.72 Å². The van der Waals surface area contributed by atoms with Gasteiger partial charge in [-0.3, -0.25) is 9.52 Å². The molecule has 0 bridgehead atoms. The Hall–Kier alpha value is -0.660. The predicted molar refractivity (Wildman–Crippen MR) is 27.2 cm³/mol. The van der Waals surface area contributed by atoms with E-state index >= 15 is 0 Å². The van der Waals surface area contributed by atoms with Crippen molar-refractivity contribution in [3.05, 3.63) is 0 Å². The first-order valence-electron chi connectivity index (χ1n) is 1.38. The quantitative estimate of drug-likeness (QED) is 0.285. The van der Waals surface area contributed by atoms with Gasteiger partial charge in [0.1, 0.15) is 12.2 Å². The molecule has 0 aliphatic heterocycles. The van der Waals surface area contributed by atoms with Crippen molar-refractivity contribution < 1.29 is 9.35 Å². The zero-order chi connectivity index (χ0) is 5.70. The highest BCUT2D eigenvalue weighted by molar-refractivity contribution is 7.92. The fraction of sp³-hybridized carbons (Fsp3) is 0. The smallest absolute Gasteiger partial charge is 0.307 e. The summed E-state index contributed by atoms with van der Waals surface area (Å²) in [5.74, 6) is 1.10. The van der Waals surface area contributed by atoms with Crippen LogP contribution in [-0.2, 0) is 4.79 Å². The summed E-state index contributed by atoms with van der Waals surface area (Å²) in [5, 5.41) is 0. The normalized spacial score (nSPS) is 6.86. The molecule has 0 unspecified atom stereocenters. The highest BCUT2D eigenvalue weighted by Crippen LogP contribution is 1.76. The van der Waals surface area contributed by atoms with Crippen LogP contribution in [0.3, 0.4) is 0 Å². The summed E-state index contributed by atoms with van der Waals surface area (Å²) in [6.45, 7) is 0. The molecule has 0 rings (SSSR count). The van der Waals surface area contributed by atoms with E-state index in [1.807, 2.05) is 4.72 Å². The van der Waals surface area contributed by atoms with Crippen molar-refractivity contribution in [3.8, 4) is 12.3 Å². The zero-order valence-corrected chi connectivity index (χ0v) is 4.16. The second-order valence-electron chi connectivity index (χ2n) is 0.667. The minimum Gasteiger partial charge on any atom is -0.312 e. The molecule has 0 aromatic carbocycles. The molecule has 0 aliphatic carbocycles. The molecule has 0 heterocycles. The van der Waals surface area contributed by atoms with Gasteiger partial charge in [0, 0.05) is 0 Å². The van der Waals surface area contributed by atoms with Crippen LogP contribution in [0.5, 0.6) is 0 Å². The minimum atomic E-state index is -0.632. The lowest BCUT2D eigenvalue weighted by atomic mass is 10.7. The van der Waals surface area contributed by atoms with Crippen LogP contribution in [0.15, 0.2) is 0 Å². The van der Waals surface area contributed by atoms with Crippen LogP contribution >= 0.6 is 12.2 Å². The molecule has 0 atom stereocenters. The largest absolute Gasteiger partial charge is 0.312 e. The van der Waals surface area contributed by atoms with E-state index < -0.39 is 5.91 Å². The number of amides is 1. The van der Waals surface area contributed by atoms with Crippen molar-refractivity contribution in [2.75, 3.05) is 0 Å². The van der Waals surface area contributed by atoms with Gasteiger partial charge in [-0.15, -0.1) is 6.42 Å². The molecule has 3 nitrogen and oxygen atoms in total. The summed E-state index contributed by atoms with van der Waals surface area (Å²) >= 11 is 0.192. The van der Waals surface area contributed by atoms with Crippen LogP contribution in [0.1, 0.15) is 0 Å². The number of hydrogen-bond acceptors (Lipinski definition) is 3. The SMILES string of the molecule is C#CC(=O)NSO. The molecule has 0 aromatic heterocycles. The lowest BCUT2D eigenvalue weighted by Gasteiger charge is -1.84. The molecular weight excluding hydrogens is 114 g/mol. The van der Waals surface area contributed by atoms with E-state index in [4.69, 9.17) is 4.55 Å². The Bertz CT molecular complexity index is 106. The topological polar surface area (TPSA) is 49.3 Å². The van der Waals surface area contributed by atoms with Gasteiger partial charge in [0.2, 0.25) is 0 Å². The first-order valence-corrected chi connectivity index (χ1v) is 2.15. The van der Waals surface area contributed by atoms with Gasteiger partial charge in [-0.25, -0.2) is 0 Å². The van der Waals surface area contributed by atoms with Crippen LogP contribution in [0.25, 0.3) is 0 Å². The highest BCUT2D eigenvalue weighted by Gasteiger charge is 1.87. The molecule has 1 amide bonds. The average molecular weight is 117 g/mol. The highest BCUT2D eigenvalue weighted by atomic mass is 32.2. The second-order valence-corrected chi connectivity index (χ2v) is 1.05. The maximum atomic E-state index is 9.88. The maximum Gasteiger partial charge on any atom is 0.307 e. The van der Waals surface area contributed by atoms with E-state index in [1.165, 1.54) is 0 Å². The molecule has 0 spiro atoms. The third-order valence-corrected chi connectivity index (χ3v) is 0.546. The first kappa shape index (κ1) is 6.34. The van der Waals surface area contributed by atoms with E-state index in [1.54, 1.807) is 5.92 Å². The van der Waals surface area contributed by atoms with E-state index in [-0.39, 0.29) is 12.2 Å². The molecule has 0 fully saturated rings. The fourth-order valence-electron chi connectivity index (χ4n) is 0.0709. The standard InChI is InChI=1S/C3H3NO2S/c1-2-3(5)4-7-6/h1,6H,(H,4,5). The first-order chi connectivity index (χ1) is 3.31. The second kappa shape index (κ2) is 3.53. The molecule has 0 saturated heterocycles. The van der Waals surface area contributed by atoms with Crippen LogP contribution in [0.4, 0.5) is 0 Å². The summed E-state index contributed by atoms with van der Waals surface area (Å²) in [5.41, 5.74) is 0. The number of hydrogen-bond donors (Lipinski definition) is 2. The van der Waals surface area contributed by atoms with Crippen molar-refractivity contribution in [2.45, 2.75) is 0 Å². The number of carbonyl (C=O) groups is 1. The van der Waals surface area contributed by atoms with Crippen LogP contribution in [0.2, 0.25) is 0 Å². The van der Waals surface area contributed by atoms with E-state index in [2.05, 4.69) is 6.42 Å². The Kier molecular flexibility index (Phi) is 3.19. The molecular formula is C3H3NO2S. The van der Waals surface area contributed by atoms with Gasteiger partial charge in [0.25, 0.3) is 0 Å². The van der Waals surface area contributed by atoms with Crippen LogP contribution < -0.4 is 4.72 Å². The Labute approximate surface area is 45.4 Å². The Morgan fingerprint density at radius 1 is 2.00 bits per heavy atom. The molecule has 0 saturated carbocycles. The van der Waals surface area contributed by atoms with Gasteiger partial charge in [-0.05, 0) is 5.92 Å². The number of terminal acetylenes is 1. The van der Waals surface area contributed by atoms with Crippen molar-refractivity contribution in [1.29, 1.82) is 0 Å². The third kappa shape index (κ3) is 3.16. The Morgan fingerprint density at radius 3 is 2.71 bits per heavy atom. The molecule has 4 heteroatoms. The van der Waals surface area contributed by atoms with E-state index in [0.717, 1.165) is 0 Å². The van der Waals surface area contributed by atoms with Crippen molar-refractivity contribution in [3.63, 3.8) is 0 Å². The lowest BCUT2D eigenvalue weighted by molar-refractivity contribution is -0.113. The molecule has 0 radical (unpaired) electrons. The fourth-order valence-corrected chi connectivity index (χ4v) is 0.213. The van der Waals surface area contributed by atoms with E-state index in [0.29, 0.717) is 0 Å². The average Bonchev–Trinajstić information content (AvgIpc) is 1.68. The number of nitrogens with one attached hydrogen (secondary N) is 1. The number of carbonyl (C=O) groups excluding carboxylic acids is 1. The minimum absolute atomic E-state index is 0.192. The van der Waals surface area contributed by atoms with Gasteiger partial charge < -0.3 is 4.55 Å². The van der Waals surface area contributed by atoms with E-state index in [9.17, 15) is 4.79 Å². The number of rotatable bonds is 1. The van der Waals surface area contributed by atoms with Gasteiger partial charge in [-0.2, -0.15) is 0 Å². The summed E-state index contributed by atoms with van der Waals surface area (Å²) < 4.78 is 9.75. The van der Waals surface area contributed by atoms with Gasteiger partial charge >= 0.3 is 5.91 Å². The third-order valence-electron chi connectivity index (χ3n) is 0.269. The predicted octanol–water partition coefficient (Wildman–Crippen LogP) is -0.143. The Morgan fingerprint density at radius 2 is 2.57 bits per heavy atom. The lowest BCUT2D eigenvalue weighted by Crippen LogP contribution is -2.11. The van der Waals surface area contributed by atoms with Gasteiger partial charge in [-0.1, -0.05) is 0 Å². The summed E-state index contributed by atoms with van der Waals surface area (Å²) in [4.78, 5) is 9.88. The maximum absolute atomic E-state index is 9.88. The molecule has 7 heavy (non-hydrogen) atoms. The van der Waals surface area contributed by atoms with Crippen molar-refractivity contribution in [2.24, 2.45) is 0 Å². The van der Waals surface area contributed by atoms with Crippen LogP contribution in [-0.4, -0.2) is 10.5 Å². The monoisotopic (exact) mass is 117 g/mol.